The Hall–Kier alpha value is -2.28. The molecule has 0 aliphatic carbocycles. The molecule has 1 amide bonds. The number of carbonyl (C=O) groups excluding carboxylic acids is 1. The van der Waals surface area contributed by atoms with Crippen LogP contribution in [-0.2, 0) is 13.1 Å². The van der Waals surface area contributed by atoms with Crippen molar-refractivity contribution >= 4 is 23.2 Å². The fourth-order valence-electron chi connectivity index (χ4n) is 1.58. The summed E-state index contributed by atoms with van der Waals surface area (Å²) in [5.41, 5.74) is 5.12. The van der Waals surface area contributed by atoms with E-state index in [9.17, 15) is 4.79 Å². The van der Waals surface area contributed by atoms with E-state index in [4.69, 9.17) is 10.2 Å². The molecular weight excluding hydrogens is 276 g/mol. The highest BCUT2D eigenvalue weighted by molar-refractivity contribution is 7.09. The standard InChI is InChI=1S/C13H16N4O2S/c1-15-13(17-8-10-3-2-6-20-10)16-7-9-4-5-11(19-9)12(14)18/h2-6H,7-8H2,1H3,(H2,14,18)(H2,15,16,17). The van der Waals surface area contributed by atoms with Gasteiger partial charge in [0.05, 0.1) is 13.1 Å². The quantitative estimate of drug-likeness (QED) is 0.572. The summed E-state index contributed by atoms with van der Waals surface area (Å²) in [5.74, 6) is 0.869. The fraction of sp³-hybridized carbons (Fsp3) is 0.231. The van der Waals surface area contributed by atoms with Crippen LogP contribution >= 0.6 is 11.3 Å². The van der Waals surface area contributed by atoms with Gasteiger partial charge in [-0.25, -0.2) is 0 Å². The van der Waals surface area contributed by atoms with Crippen LogP contribution in [0.5, 0.6) is 0 Å². The molecule has 0 saturated carbocycles. The molecule has 0 aliphatic rings. The third kappa shape index (κ3) is 3.86. The van der Waals surface area contributed by atoms with E-state index in [1.807, 2.05) is 11.4 Å². The number of nitrogens with zero attached hydrogens (tertiary/aromatic N) is 1. The van der Waals surface area contributed by atoms with Crippen LogP contribution < -0.4 is 16.4 Å². The first kappa shape index (κ1) is 14.1. The number of nitrogens with two attached hydrogens (primary N) is 1. The first-order valence-electron chi connectivity index (χ1n) is 6.04. The number of guanidine groups is 1. The molecule has 0 aromatic carbocycles. The SMILES string of the molecule is CN=C(NCc1ccc(C(N)=O)o1)NCc1cccs1. The summed E-state index contributed by atoms with van der Waals surface area (Å²) in [6.07, 6.45) is 0. The number of aliphatic imine (C=N–C) groups is 1. The second-order valence-corrected chi connectivity index (χ2v) is 5.02. The number of primary amides is 1. The van der Waals surface area contributed by atoms with Gasteiger partial charge in [0.15, 0.2) is 11.7 Å². The summed E-state index contributed by atoms with van der Waals surface area (Å²) in [6.45, 7) is 1.14. The highest BCUT2D eigenvalue weighted by Crippen LogP contribution is 2.08. The smallest absolute Gasteiger partial charge is 0.284 e. The lowest BCUT2D eigenvalue weighted by Crippen LogP contribution is -2.36. The summed E-state index contributed by atoms with van der Waals surface area (Å²) in [5, 5.41) is 8.31. The van der Waals surface area contributed by atoms with E-state index >= 15 is 0 Å². The van der Waals surface area contributed by atoms with Crippen molar-refractivity contribution in [2.24, 2.45) is 10.7 Å². The molecule has 20 heavy (non-hydrogen) atoms. The molecule has 2 aromatic heterocycles. The Morgan fingerprint density at radius 1 is 1.35 bits per heavy atom. The van der Waals surface area contributed by atoms with Gasteiger partial charge in [0.1, 0.15) is 5.76 Å². The van der Waals surface area contributed by atoms with E-state index in [2.05, 4.69) is 21.7 Å². The van der Waals surface area contributed by atoms with Crippen molar-refractivity contribution in [1.29, 1.82) is 0 Å². The average Bonchev–Trinajstić information content (AvgIpc) is 3.10. The lowest BCUT2D eigenvalue weighted by molar-refractivity contribution is 0.0972. The molecular formula is C13H16N4O2S. The maximum Gasteiger partial charge on any atom is 0.284 e. The highest BCUT2D eigenvalue weighted by atomic mass is 32.1. The van der Waals surface area contributed by atoms with Gasteiger partial charge in [-0.1, -0.05) is 6.07 Å². The average molecular weight is 292 g/mol. The second-order valence-electron chi connectivity index (χ2n) is 3.99. The van der Waals surface area contributed by atoms with Crippen LogP contribution in [0.1, 0.15) is 21.2 Å². The molecule has 6 nitrogen and oxygen atoms in total. The summed E-state index contributed by atoms with van der Waals surface area (Å²) in [4.78, 5) is 16.2. The van der Waals surface area contributed by atoms with Gasteiger partial charge in [0.2, 0.25) is 0 Å². The minimum absolute atomic E-state index is 0.156. The maximum absolute atomic E-state index is 10.9. The molecule has 4 N–H and O–H groups in total. The Balaban J connectivity index is 1.82. The van der Waals surface area contributed by atoms with E-state index < -0.39 is 5.91 Å². The van der Waals surface area contributed by atoms with Crippen LogP contribution in [0, 0.1) is 0 Å². The van der Waals surface area contributed by atoms with Gasteiger partial charge in [0.25, 0.3) is 5.91 Å². The van der Waals surface area contributed by atoms with Crippen molar-refractivity contribution < 1.29 is 9.21 Å². The fourth-order valence-corrected chi connectivity index (χ4v) is 2.23. The predicted octanol–water partition coefficient (Wildman–Crippen LogP) is 1.31. The molecule has 0 fully saturated rings. The molecule has 2 heterocycles. The van der Waals surface area contributed by atoms with Crippen molar-refractivity contribution in [1.82, 2.24) is 10.6 Å². The number of rotatable bonds is 5. The normalized spacial score (nSPS) is 11.3. The van der Waals surface area contributed by atoms with E-state index in [-0.39, 0.29) is 5.76 Å². The number of furan rings is 1. The lowest BCUT2D eigenvalue weighted by atomic mass is 10.4. The molecule has 7 heteroatoms. The molecule has 2 aromatic rings. The van der Waals surface area contributed by atoms with Crippen molar-refractivity contribution in [2.45, 2.75) is 13.1 Å². The number of carbonyl (C=O) groups is 1. The second kappa shape index (κ2) is 6.76. The van der Waals surface area contributed by atoms with Crippen LogP contribution in [0.4, 0.5) is 0 Å². The minimum atomic E-state index is -0.573. The topological polar surface area (TPSA) is 92.6 Å². The van der Waals surface area contributed by atoms with Crippen LogP contribution in [0.2, 0.25) is 0 Å². The van der Waals surface area contributed by atoms with Crippen LogP contribution in [0.3, 0.4) is 0 Å². The van der Waals surface area contributed by atoms with E-state index in [0.29, 0.717) is 24.8 Å². The Kier molecular flexibility index (Phi) is 4.78. The van der Waals surface area contributed by atoms with Crippen molar-refractivity contribution in [2.75, 3.05) is 7.05 Å². The zero-order valence-electron chi connectivity index (χ0n) is 11.1. The largest absolute Gasteiger partial charge is 0.454 e. The predicted molar refractivity (Wildman–Crippen MR) is 78.6 cm³/mol. The van der Waals surface area contributed by atoms with Crippen LogP contribution in [0.15, 0.2) is 39.1 Å². The third-order valence-corrected chi connectivity index (χ3v) is 3.44. The molecule has 106 valence electrons. The number of thiophene rings is 1. The molecule has 0 spiro atoms. The number of hydrogen-bond donors (Lipinski definition) is 3. The zero-order chi connectivity index (χ0) is 14.4. The van der Waals surface area contributed by atoms with Gasteiger partial charge in [-0.05, 0) is 23.6 Å². The number of hydrogen-bond acceptors (Lipinski definition) is 4. The third-order valence-electron chi connectivity index (χ3n) is 2.57. The number of amides is 1. The highest BCUT2D eigenvalue weighted by Gasteiger charge is 2.07. The van der Waals surface area contributed by atoms with Crippen LogP contribution in [0.25, 0.3) is 0 Å². The molecule has 0 radical (unpaired) electrons. The van der Waals surface area contributed by atoms with Gasteiger partial charge < -0.3 is 20.8 Å². The van der Waals surface area contributed by atoms with Crippen molar-refractivity contribution in [3.05, 3.63) is 46.0 Å². The van der Waals surface area contributed by atoms with E-state index in [1.54, 1.807) is 30.5 Å². The zero-order valence-corrected chi connectivity index (χ0v) is 11.9. The van der Waals surface area contributed by atoms with Gasteiger partial charge in [0, 0.05) is 11.9 Å². The van der Waals surface area contributed by atoms with Gasteiger partial charge >= 0.3 is 0 Å². The first-order valence-corrected chi connectivity index (χ1v) is 6.92. The van der Waals surface area contributed by atoms with Crippen molar-refractivity contribution in [3.63, 3.8) is 0 Å². The molecule has 0 saturated heterocycles. The molecule has 0 bridgehead atoms. The van der Waals surface area contributed by atoms with Crippen molar-refractivity contribution in [3.8, 4) is 0 Å². The summed E-state index contributed by atoms with van der Waals surface area (Å²) < 4.78 is 5.27. The molecule has 2 rings (SSSR count). The van der Waals surface area contributed by atoms with Gasteiger partial charge in [-0.15, -0.1) is 11.3 Å². The Morgan fingerprint density at radius 2 is 2.15 bits per heavy atom. The molecule has 0 atom stereocenters. The number of nitrogens with one attached hydrogen (secondary N) is 2. The Bertz CT molecular complexity index is 589. The van der Waals surface area contributed by atoms with Crippen LogP contribution in [-0.4, -0.2) is 18.9 Å². The first-order chi connectivity index (χ1) is 9.69. The molecule has 0 unspecified atom stereocenters. The van der Waals surface area contributed by atoms with Gasteiger partial charge in [-0.2, -0.15) is 0 Å². The summed E-state index contributed by atoms with van der Waals surface area (Å²) in [7, 11) is 1.70. The summed E-state index contributed by atoms with van der Waals surface area (Å²) in [6, 6.07) is 7.32. The van der Waals surface area contributed by atoms with E-state index in [0.717, 1.165) is 0 Å². The Labute approximate surface area is 120 Å². The Morgan fingerprint density at radius 3 is 2.75 bits per heavy atom. The maximum atomic E-state index is 10.9. The van der Waals surface area contributed by atoms with E-state index in [1.165, 1.54) is 4.88 Å². The van der Waals surface area contributed by atoms with Gasteiger partial charge in [-0.3, -0.25) is 9.79 Å². The monoisotopic (exact) mass is 292 g/mol. The lowest BCUT2D eigenvalue weighted by Gasteiger charge is -2.09. The minimum Gasteiger partial charge on any atom is -0.454 e. The summed E-state index contributed by atoms with van der Waals surface area (Å²) >= 11 is 1.68. The molecule has 0 aliphatic heterocycles.